The van der Waals surface area contributed by atoms with Gasteiger partial charge in [-0.2, -0.15) is 0 Å². The van der Waals surface area contributed by atoms with Gasteiger partial charge in [0.05, 0.1) is 0 Å². The smallest absolute Gasteiger partial charge is 0.411 e. The van der Waals surface area contributed by atoms with Crippen LogP contribution in [0.3, 0.4) is 0 Å². The Morgan fingerprint density at radius 3 is 1.65 bits per heavy atom. The first-order valence-electron chi connectivity index (χ1n) is 11.6. The molecular formula is C28H28F2N2O2. The van der Waals surface area contributed by atoms with Crippen molar-refractivity contribution in [3.63, 3.8) is 0 Å². The Morgan fingerprint density at radius 1 is 0.853 bits per heavy atom. The van der Waals surface area contributed by atoms with Gasteiger partial charge in [0, 0.05) is 42.3 Å². The van der Waals surface area contributed by atoms with Gasteiger partial charge in [-0.25, -0.2) is 13.6 Å². The number of benzene rings is 3. The first-order chi connectivity index (χ1) is 16.1. The van der Waals surface area contributed by atoms with Gasteiger partial charge in [-0.15, -0.1) is 0 Å². The Balaban J connectivity index is 1.79. The van der Waals surface area contributed by atoms with Gasteiger partial charge in [-0.3, -0.25) is 4.90 Å². The van der Waals surface area contributed by atoms with E-state index in [2.05, 4.69) is 18.7 Å². The molecule has 176 valence electrons. The largest absolute Gasteiger partial charge is 0.465 e. The van der Waals surface area contributed by atoms with E-state index in [1.54, 1.807) is 7.05 Å². The lowest BCUT2D eigenvalue weighted by atomic mass is 9.64. The zero-order valence-corrected chi connectivity index (χ0v) is 19.6. The van der Waals surface area contributed by atoms with Crippen molar-refractivity contribution in [1.82, 2.24) is 0 Å². The number of anilines is 2. The molecule has 0 spiro atoms. The standard InChI is InChI=1S/C28H28F2N2O2/c1-27(18-4-8-20(29)9-5-18)12-14-32-15-13-28(2,19-6-10-21(30)11-7-19)24-17-22(31(3)26(33)34)16-23(27)25(24)32/h4-11,16-17H,12-15H2,1-3H3,(H,33,34)/t27-,28-/m0/s1. The Labute approximate surface area is 198 Å². The van der Waals surface area contributed by atoms with Crippen LogP contribution in [0.4, 0.5) is 25.0 Å². The highest BCUT2D eigenvalue weighted by Gasteiger charge is 2.45. The first kappa shape index (κ1) is 22.4. The van der Waals surface area contributed by atoms with Gasteiger partial charge in [0.25, 0.3) is 0 Å². The van der Waals surface area contributed by atoms with Gasteiger partial charge >= 0.3 is 6.09 Å². The van der Waals surface area contributed by atoms with Gasteiger partial charge < -0.3 is 10.0 Å². The summed E-state index contributed by atoms with van der Waals surface area (Å²) in [6, 6.07) is 17.2. The molecule has 0 saturated carbocycles. The second-order valence-electron chi connectivity index (χ2n) is 9.90. The highest BCUT2D eigenvalue weighted by atomic mass is 19.1. The Kier molecular flexibility index (Phi) is 5.15. The third-order valence-corrected chi connectivity index (χ3v) is 8.00. The fourth-order valence-electron chi connectivity index (χ4n) is 5.66. The van der Waals surface area contributed by atoms with E-state index >= 15 is 0 Å². The Bertz CT molecular complexity index is 1170. The molecule has 0 fully saturated rings. The summed E-state index contributed by atoms with van der Waals surface area (Å²) in [5.41, 5.74) is 4.96. The maximum absolute atomic E-state index is 13.7. The Hall–Kier alpha value is -3.41. The third-order valence-electron chi connectivity index (χ3n) is 8.00. The predicted molar refractivity (Wildman–Crippen MR) is 130 cm³/mol. The van der Waals surface area contributed by atoms with E-state index in [0.29, 0.717) is 5.69 Å². The number of carboxylic acid groups (broad SMARTS) is 1. The maximum Gasteiger partial charge on any atom is 0.411 e. The summed E-state index contributed by atoms with van der Waals surface area (Å²) in [6.45, 7) is 6.01. The molecule has 3 aromatic carbocycles. The van der Waals surface area contributed by atoms with Crippen LogP contribution < -0.4 is 9.80 Å². The highest BCUT2D eigenvalue weighted by molar-refractivity contribution is 5.88. The van der Waals surface area contributed by atoms with Crippen molar-refractivity contribution in [2.45, 2.75) is 37.5 Å². The molecule has 0 aliphatic carbocycles. The van der Waals surface area contributed by atoms with Crippen LogP contribution in [0.15, 0.2) is 60.7 Å². The van der Waals surface area contributed by atoms with Crippen LogP contribution >= 0.6 is 0 Å². The SMILES string of the molecule is CN(C(=O)O)c1cc2c3c(c1)[C@](C)(c1ccc(F)cc1)CCN3CC[C@@]2(C)c1ccc(F)cc1. The quantitative estimate of drug-likeness (QED) is 0.496. The summed E-state index contributed by atoms with van der Waals surface area (Å²) >= 11 is 0. The molecule has 0 aromatic heterocycles. The van der Waals surface area contributed by atoms with Crippen LogP contribution in [-0.4, -0.2) is 31.3 Å². The van der Waals surface area contributed by atoms with Crippen LogP contribution in [0.1, 0.15) is 48.9 Å². The number of hydrogen-bond donors (Lipinski definition) is 1. The van der Waals surface area contributed by atoms with E-state index in [1.165, 1.54) is 29.2 Å². The molecule has 2 aliphatic rings. The molecule has 1 N–H and O–H groups in total. The van der Waals surface area contributed by atoms with E-state index in [4.69, 9.17) is 0 Å². The summed E-state index contributed by atoms with van der Waals surface area (Å²) in [5, 5.41) is 9.76. The minimum absolute atomic E-state index is 0.282. The number of nitrogens with zero attached hydrogens (tertiary/aromatic N) is 2. The molecule has 0 bridgehead atoms. The molecule has 3 aromatic rings. The van der Waals surface area contributed by atoms with E-state index in [0.717, 1.165) is 53.9 Å². The summed E-state index contributed by atoms with van der Waals surface area (Å²) < 4.78 is 27.5. The molecule has 0 unspecified atom stereocenters. The topological polar surface area (TPSA) is 43.8 Å². The Morgan fingerprint density at radius 2 is 1.26 bits per heavy atom. The van der Waals surface area contributed by atoms with Gasteiger partial charge in [0.1, 0.15) is 11.6 Å². The third kappa shape index (κ3) is 3.35. The van der Waals surface area contributed by atoms with Crippen molar-refractivity contribution < 1.29 is 18.7 Å². The molecule has 1 amide bonds. The molecule has 0 radical (unpaired) electrons. The van der Waals surface area contributed by atoms with E-state index in [1.807, 2.05) is 36.4 Å². The fraction of sp³-hybridized carbons (Fsp3) is 0.321. The van der Waals surface area contributed by atoms with Crippen molar-refractivity contribution in [2.75, 3.05) is 29.9 Å². The van der Waals surface area contributed by atoms with Crippen LogP contribution in [0, 0.1) is 11.6 Å². The van der Waals surface area contributed by atoms with Crippen molar-refractivity contribution in [2.24, 2.45) is 0 Å². The van der Waals surface area contributed by atoms with E-state index in [9.17, 15) is 18.7 Å². The number of amides is 1. The van der Waals surface area contributed by atoms with Crippen LogP contribution in [-0.2, 0) is 10.8 Å². The normalized spacial score (nSPS) is 23.4. The summed E-state index contributed by atoms with van der Waals surface area (Å²) in [6.07, 6.45) is 0.625. The van der Waals surface area contributed by atoms with Crippen molar-refractivity contribution >= 4 is 17.5 Å². The molecule has 34 heavy (non-hydrogen) atoms. The number of hydrogen-bond acceptors (Lipinski definition) is 2. The molecule has 2 heterocycles. The molecule has 5 rings (SSSR count). The van der Waals surface area contributed by atoms with Crippen molar-refractivity contribution in [3.8, 4) is 0 Å². The van der Waals surface area contributed by atoms with Crippen LogP contribution in [0.5, 0.6) is 0 Å². The van der Waals surface area contributed by atoms with Gasteiger partial charge in [-0.05, 0) is 71.5 Å². The van der Waals surface area contributed by atoms with Gasteiger partial charge in [0.2, 0.25) is 0 Å². The highest BCUT2D eigenvalue weighted by Crippen LogP contribution is 2.54. The number of carbonyl (C=O) groups is 1. The molecular weight excluding hydrogens is 434 g/mol. The fourth-order valence-corrected chi connectivity index (χ4v) is 5.66. The van der Waals surface area contributed by atoms with Crippen molar-refractivity contribution in [3.05, 3.63) is 94.6 Å². The zero-order valence-electron chi connectivity index (χ0n) is 19.6. The number of halogens is 2. The van der Waals surface area contributed by atoms with E-state index < -0.39 is 16.9 Å². The van der Waals surface area contributed by atoms with Crippen LogP contribution in [0.2, 0.25) is 0 Å². The van der Waals surface area contributed by atoms with Crippen molar-refractivity contribution in [1.29, 1.82) is 0 Å². The minimum atomic E-state index is -1.04. The molecule has 6 heteroatoms. The monoisotopic (exact) mass is 462 g/mol. The minimum Gasteiger partial charge on any atom is -0.465 e. The molecule has 0 saturated heterocycles. The summed E-state index contributed by atoms with van der Waals surface area (Å²) in [7, 11) is 1.55. The predicted octanol–water partition coefficient (Wildman–Crippen LogP) is 6.30. The van der Waals surface area contributed by atoms with E-state index in [-0.39, 0.29) is 11.6 Å². The summed E-state index contributed by atoms with van der Waals surface area (Å²) in [4.78, 5) is 15.5. The second-order valence-corrected chi connectivity index (χ2v) is 9.90. The first-order valence-corrected chi connectivity index (χ1v) is 11.6. The van der Waals surface area contributed by atoms with Gasteiger partial charge in [-0.1, -0.05) is 38.1 Å². The van der Waals surface area contributed by atoms with Gasteiger partial charge in [0.15, 0.2) is 0 Å². The average molecular weight is 463 g/mol. The molecule has 2 atom stereocenters. The zero-order chi connectivity index (χ0) is 24.3. The lowest BCUT2D eigenvalue weighted by Crippen LogP contribution is -2.47. The van der Waals surface area contributed by atoms with Crippen LogP contribution in [0.25, 0.3) is 0 Å². The lowest BCUT2D eigenvalue weighted by molar-refractivity contribution is 0.203. The summed E-state index contributed by atoms with van der Waals surface area (Å²) in [5.74, 6) is -0.565. The number of rotatable bonds is 3. The second kappa shape index (κ2) is 7.83. The molecule has 4 nitrogen and oxygen atoms in total. The lowest BCUT2D eigenvalue weighted by Gasteiger charge is -2.50. The average Bonchev–Trinajstić information content (AvgIpc) is 2.83. The molecule has 2 aliphatic heterocycles. The maximum atomic E-state index is 13.7.